The number of rotatable bonds is 6. The zero-order valence-corrected chi connectivity index (χ0v) is 20.6. The van der Waals surface area contributed by atoms with Crippen molar-refractivity contribution >= 4 is 41.0 Å². The van der Waals surface area contributed by atoms with E-state index in [9.17, 15) is 37.1 Å². The number of alkyl halides is 3. The van der Waals surface area contributed by atoms with Crippen LogP contribution in [0, 0.1) is 11.8 Å². The van der Waals surface area contributed by atoms with Crippen molar-refractivity contribution in [2.75, 3.05) is 24.5 Å². The van der Waals surface area contributed by atoms with E-state index in [1.807, 2.05) is 0 Å². The van der Waals surface area contributed by atoms with E-state index < -0.39 is 54.8 Å². The normalized spacial score (nSPS) is 14.0. The van der Waals surface area contributed by atoms with Crippen LogP contribution in [-0.2, 0) is 23.9 Å². The largest absolute Gasteiger partial charge is 0.491 e. The molecule has 2 aromatic carbocycles. The van der Waals surface area contributed by atoms with E-state index in [1.54, 1.807) is 30.3 Å². The summed E-state index contributed by atoms with van der Waals surface area (Å²) in [6.07, 6.45) is -6.16. The summed E-state index contributed by atoms with van der Waals surface area (Å²) in [4.78, 5) is 64.1. The SMILES string of the molecule is CC(CC(=O)OC(=O)C(F)(F)F)N1CC(=O)N(c2ccccc2)c2ccc(C#CC(=O)NCCN)cc2C1=O. The van der Waals surface area contributed by atoms with Crippen molar-refractivity contribution < 1.29 is 41.9 Å². The quantitative estimate of drug-likeness (QED) is 0.320. The Kier molecular flexibility index (Phi) is 9.05. The summed E-state index contributed by atoms with van der Waals surface area (Å²) < 4.78 is 41.2. The first-order valence-corrected chi connectivity index (χ1v) is 11.6. The summed E-state index contributed by atoms with van der Waals surface area (Å²) in [6.45, 7) is 1.23. The van der Waals surface area contributed by atoms with Crippen molar-refractivity contribution in [3.05, 3.63) is 59.7 Å². The lowest BCUT2D eigenvalue weighted by Crippen LogP contribution is -2.44. The Morgan fingerprint density at radius 3 is 2.46 bits per heavy atom. The third-order valence-corrected chi connectivity index (χ3v) is 5.48. The molecule has 1 atom stereocenters. The Labute approximate surface area is 220 Å². The molecule has 10 nitrogen and oxygen atoms in total. The minimum absolute atomic E-state index is 0.00884. The molecule has 3 rings (SSSR count). The average Bonchev–Trinajstić information content (AvgIpc) is 2.99. The zero-order valence-electron chi connectivity index (χ0n) is 20.6. The van der Waals surface area contributed by atoms with Gasteiger partial charge < -0.3 is 20.7 Å². The number of nitrogens with two attached hydrogens (primary N) is 1. The summed E-state index contributed by atoms with van der Waals surface area (Å²) >= 11 is 0. The lowest BCUT2D eigenvalue weighted by molar-refractivity contribution is -0.202. The van der Waals surface area contributed by atoms with Gasteiger partial charge in [-0.2, -0.15) is 13.2 Å². The van der Waals surface area contributed by atoms with Gasteiger partial charge >= 0.3 is 18.1 Å². The third kappa shape index (κ3) is 7.20. The van der Waals surface area contributed by atoms with Gasteiger partial charge in [0.05, 0.1) is 17.7 Å². The van der Waals surface area contributed by atoms with Crippen molar-refractivity contribution in [3.63, 3.8) is 0 Å². The number of nitrogens with zero attached hydrogens (tertiary/aromatic N) is 2. The van der Waals surface area contributed by atoms with E-state index in [4.69, 9.17) is 5.73 Å². The van der Waals surface area contributed by atoms with Gasteiger partial charge in [0.2, 0.25) is 0 Å². The van der Waals surface area contributed by atoms with Gasteiger partial charge in [0.25, 0.3) is 17.7 Å². The van der Waals surface area contributed by atoms with Crippen molar-refractivity contribution in [2.24, 2.45) is 5.73 Å². The number of carbonyl (C=O) groups excluding carboxylic acids is 5. The number of esters is 2. The summed E-state index contributed by atoms with van der Waals surface area (Å²) in [5.74, 6) is -1.09. The molecule has 0 saturated carbocycles. The summed E-state index contributed by atoms with van der Waals surface area (Å²) in [5, 5.41) is 2.48. The van der Waals surface area contributed by atoms with Crippen LogP contribution in [0.3, 0.4) is 0 Å². The summed E-state index contributed by atoms with van der Waals surface area (Å²) in [5.41, 5.74) is 6.22. The number of nitrogens with one attached hydrogen (secondary N) is 1. The second-order valence-electron chi connectivity index (χ2n) is 8.34. The molecule has 39 heavy (non-hydrogen) atoms. The highest BCUT2D eigenvalue weighted by Crippen LogP contribution is 2.33. The number of hydrogen-bond acceptors (Lipinski definition) is 7. The molecule has 13 heteroatoms. The number of anilines is 2. The fraction of sp³-hybridized carbons (Fsp3) is 0.269. The smallest absolute Gasteiger partial charge is 0.386 e. The first-order valence-electron chi connectivity index (χ1n) is 11.6. The number of halogens is 3. The fourth-order valence-electron chi connectivity index (χ4n) is 3.69. The maximum Gasteiger partial charge on any atom is 0.491 e. The molecular weight excluding hydrogens is 521 g/mol. The van der Waals surface area contributed by atoms with E-state index in [0.717, 1.165) is 4.90 Å². The molecule has 3 amide bonds. The van der Waals surface area contributed by atoms with Gasteiger partial charge in [0, 0.05) is 36.3 Å². The van der Waals surface area contributed by atoms with Crippen molar-refractivity contribution in [2.45, 2.75) is 25.6 Å². The third-order valence-electron chi connectivity index (χ3n) is 5.48. The minimum atomic E-state index is -5.37. The molecule has 0 spiro atoms. The van der Waals surface area contributed by atoms with E-state index >= 15 is 0 Å². The van der Waals surface area contributed by atoms with E-state index in [0.29, 0.717) is 5.69 Å². The number of carbonyl (C=O) groups is 5. The van der Waals surface area contributed by atoms with Crippen LogP contribution in [0.1, 0.15) is 29.3 Å². The van der Waals surface area contributed by atoms with E-state index in [-0.39, 0.29) is 29.9 Å². The molecule has 3 N–H and O–H groups in total. The number of amides is 3. The van der Waals surface area contributed by atoms with Gasteiger partial charge in [0.15, 0.2) is 0 Å². The van der Waals surface area contributed by atoms with Gasteiger partial charge in [-0.05, 0) is 37.3 Å². The van der Waals surface area contributed by atoms with Crippen LogP contribution < -0.4 is 16.0 Å². The molecule has 1 unspecified atom stereocenters. The maximum atomic E-state index is 13.6. The van der Waals surface area contributed by atoms with Crippen LogP contribution in [-0.4, -0.2) is 66.4 Å². The molecule has 0 radical (unpaired) electrons. The molecule has 0 saturated heterocycles. The van der Waals surface area contributed by atoms with Gasteiger partial charge in [-0.15, -0.1) is 0 Å². The number of hydrogen-bond donors (Lipinski definition) is 2. The molecule has 2 aromatic rings. The topological polar surface area (TPSA) is 139 Å². The average molecular weight is 544 g/mol. The van der Waals surface area contributed by atoms with Crippen molar-refractivity contribution in [3.8, 4) is 11.8 Å². The Hall–Kier alpha value is -4.70. The fourth-order valence-corrected chi connectivity index (χ4v) is 3.69. The van der Waals surface area contributed by atoms with E-state index in [1.165, 1.54) is 30.0 Å². The van der Waals surface area contributed by atoms with Gasteiger partial charge in [-0.3, -0.25) is 24.1 Å². The highest BCUT2D eigenvalue weighted by atomic mass is 19.4. The first-order chi connectivity index (χ1) is 18.4. The molecule has 204 valence electrons. The lowest BCUT2D eigenvalue weighted by atomic mass is 10.1. The first kappa shape index (κ1) is 28.9. The molecule has 1 aliphatic rings. The van der Waals surface area contributed by atoms with Gasteiger partial charge in [-0.25, -0.2) is 4.79 Å². The summed E-state index contributed by atoms with van der Waals surface area (Å²) in [7, 11) is 0. The van der Waals surface area contributed by atoms with Crippen LogP contribution in [0.15, 0.2) is 48.5 Å². The van der Waals surface area contributed by atoms with Crippen LogP contribution in [0.4, 0.5) is 24.5 Å². The van der Waals surface area contributed by atoms with Crippen molar-refractivity contribution in [1.29, 1.82) is 0 Å². The maximum absolute atomic E-state index is 13.6. The van der Waals surface area contributed by atoms with Crippen LogP contribution in [0.5, 0.6) is 0 Å². The Balaban J connectivity index is 1.98. The molecular formula is C26H23F3N4O6. The number of fused-ring (bicyclic) bond motifs is 1. The predicted molar refractivity (Wildman–Crippen MR) is 131 cm³/mol. The van der Waals surface area contributed by atoms with Gasteiger partial charge in [0.1, 0.15) is 6.54 Å². The molecule has 1 heterocycles. The lowest BCUT2D eigenvalue weighted by Gasteiger charge is -2.27. The number of ether oxygens (including phenoxy) is 1. The molecule has 1 aliphatic heterocycles. The number of benzene rings is 2. The minimum Gasteiger partial charge on any atom is -0.386 e. The predicted octanol–water partition coefficient (Wildman–Crippen LogP) is 1.64. The van der Waals surface area contributed by atoms with Crippen molar-refractivity contribution in [1.82, 2.24) is 10.2 Å². The van der Waals surface area contributed by atoms with Crippen LogP contribution in [0.25, 0.3) is 0 Å². The number of para-hydroxylation sites is 1. The van der Waals surface area contributed by atoms with Gasteiger partial charge in [-0.1, -0.05) is 24.1 Å². The second kappa shape index (κ2) is 12.2. The summed E-state index contributed by atoms with van der Waals surface area (Å²) in [6, 6.07) is 11.6. The van der Waals surface area contributed by atoms with Crippen LogP contribution in [0.2, 0.25) is 0 Å². The molecule has 0 aliphatic carbocycles. The van der Waals surface area contributed by atoms with E-state index in [2.05, 4.69) is 21.9 Å². The molecule has 0 fully saturated rings. The van der Waals surface area contributed by atoms with Crippen LogP contribution >= 0.6 is 0 Å². The zero-order chi connectivity index (χ0) is 28.7. The highest BCUT2D eigenvalue weighted by molar-refractivity contribution is 6.13. The second-order valence-corrected chi connectivity index (χ2v) is 8.34. The highest BCUT2D eigenvalue weighted by Gasteiger charge is 2.43. The Morgan fingerprint density at radius 1 is 1.13 bits per heavy atom. The standard InChI is InChI=1S/C26H23F3N4O6/c1-16(13-23(36)39-25(38)26(27,28)29)32-15-22(35)33(18-5-3-2-4-6-18)20-9-7-17(14-19(20)24(32)37)8-10-21(34)31-12-11-30/h2-7,9,14,16H,11-13,15,30H2,1H3,(H,31,34). The molecule has 0 aromatic heterocycles. The Bertz CT molecular complexity index is 1350. The molecule has 0 bridgehead atoms. The monoisotopic (exact) mass is 544 g/mol. The Morgan fingerprint density at radius 2 is 1.82 bits per heavy atom.